The largest absolute Gasteiger partial charge is 0.327 e. The zero-order valence-corrected chi connectivity index (χ0v) is 14.0. The van der Waals surface area contributed by atoms with E-state index in [1.54, 1.807) is 0 Å². The van der Waals surface area contributed by atoms with Crippen molar-refractivity contribution in [2.45, 2.75) is 38.1 Å². The van der Waals surface area contributed by atoms with Crippen molar-refractivity contribution in [3.63, 3.8) is 0 Å². The highest BCUT2D eigenvalue weighted by atomic mass is 32.2. The number of hydrogen-bond acceptors (Lipinski definition) is 4. The zero-order valence-electron chi connectivity index (χ0n) is 13.1. The van der Waals surface area contributed by atoms with Crippen LogP contribution in [0.2, 0.25) is 0 Å². The Kier molecular flexibility index (Phi) is 5.75. The molecule has 2 N–H and O–H groups in total. The molecule has 7 heteroatoms. The number of aryl methyl sites for hydroxylation is 1. The molecule has 2 unspecified atom stereocenters. The molecule has 1 aliphatic heterocycles. The minimum atomic E-state index is -0.627. The average Bonchev–Trinajstić information content (AvgIpc) is 2.94. The maximum absolute atomic E-state index is 13.8. The third-order valence-corrected chi connectivity index (χ3v) is 5.13. The van der Waals surface area contributed by atoms with Crippen molar-refractivity contribution in [3.8, 4) is 0 Å². The Labute approximate surface area is 138 Å². The van der Waals surface area contributed by atoms with Gasteiger partial charge in [0.05, 0.1) is 0 Å². The second-order valence-electron chi connectivity index (χ2n) is 5.78. The molecule has 0 aromatic heterocycles. The van der Waals surface area contributed by atoms with E-state index < -0.39 is 23.1 Å². The van der Waals surface area contributed by atoms with Crippen LogP contribution in [0.3, 0.4) is 0 Å². The van der Waals surface area contributed by atoms with E-state index in [0.717, 1.165) is 12.1 Å². The summed E-state index contributed by atoms with van der Waals surface area (Å²) in [5, 5.41) is -0.455. The summed E-state index contributed by atoms with van der Waals surface area (Å²) in [6.45, 7) is 3.44. The van der Waals surface area contributed by atoms with Crippen molar-refractivity contribution in [2.24, 2.45) is 5.73 Å². The van der Waals surface area contributed by atoms with Crippen LogP contribution < -0.4 is 5.73 Å². The van der Waals surface area contributed by atoms with Gasteiger partial charge < -0.3 is 10.6 Å². The van der Waals surface area contributed by atoms with E-state index in [1.807, 2.05) is 0 Å². The lowest BCUT2D eigenvalue weighted by atomic mass is 10.0. The van der Waals surface area contributed by atoms with Crippen LogP contribution >= 0.6 is 11.8 Å². The minimum Gasteiger partial charge on any atom is -0.327 e. The summed E-state index contributed by atoms with van der Waals surface area (Å²) in [6.07, 6.45) is 0.0692. The summed E-state index contributed by atoms with van der Waals surface area (Å²) in [5.74, 6) is -0.599. The van der Waals surface area contributed by atoms with E-state index in [4.69, 9.17) is 5.73 Å². The minimum absolute atomic E-state index is 0.000719. The van der Waals surface area contributed by atoms with Gasteiger partial charge in [0.2, 0.25) is 5.91 Å². The van der Waals surface area contributed by atoms with Crippen LogP contribution in [0.25, 0.3) is 0 Å². The van der Waals surface area contributed by atoms with Gasteiger partial charge in [-0.2, -0.15) is 0 Å². The van der Waals surface area contributed by atoms with E-state index in [1.165, 1.54) is 30.5 Å². The molecular weight excluding hydrogens is 322 g/mol. The highest BCUT2D eigenvalue weighted by Crippen LogP contribution is 2.25. The summed E-state index contributed by atoms with van der Waals surface area (Å²) in [5.41, 5.74) is 6.31. The monoisotopic (exact) mass is 342 g/mol. The Morgan fingerprint density at radius 2 is 2.09 bits per heavy atom. The summed E-state index contributed by atoms with van der Waals surface area (Å²) in [6, 6.07) is 1.62. The molecule has 1 aromatic rings. The van der Waals surface area contributed by atoms with Crippen LogP contribution in [0.4, 0.5) is 8.78 Å². The van der Waals surface area contributed by atoms with E-state index >= 15 is 0 Å². The topological polar surface area (TPSA) is 63.4 Å². The molecule has 4 nitrogen and oxygen atoms in total. The van der Waals surface area contributed by atoms with Gasteiger partial charge in [0.15, 0.2) is 5.78 Å². The van der Waals surface area contributed by atoms with Crippen LogP contribution in [-0.2, 0) is 16.0 Å². The molecule has 1 aliphatic rings. The van der Waals surface area contributed by atoms with Gasteiger partial charge in [-0.25, -0.2) is 8.78 Å². The van der Waals surface area contributed by atoms with E-state index in [2.05, 4.69) is 0 Å². The number of Topliss-reactive ketones (excluding diaryl/α,β-unsaturated/α-hetero) is 1. The predicted octanol–water partition coefficient (Wildman–Crippen LogP) is 2.02. The second kappa shape index (κ2) is 7.40. The molecule has 1 saturated heterocycles. The van der Waals surface area contributed by atoms with Crippen molar-refractivity contribution in [1.29, 1.82) is 0 Å². The molecule has 1 aromatic carbocycles. The Morgan fingerprint density at radius 1 is 1.39 bits per heavy atom. The molecule has 1 amide bonds. The Bertz CT molecular complexity index is 624. The lowest BCUT2D eigenvalue weighted by molar-refractivity contribution is -0.135. The number of benzene rings is 1. The van der Waals surface area contributed by atoms with Gasteiger partial charge in [-0.1, -0.05) is 0 Å². The average molecular weight is 342 g/mol. The number of ketones is 1. The Morgan fingerprint density at radius 3 is 2.74 bits per heavy atom. The first kappa shape index (κ1) is 17.9. The number of halogens is 2. The van der Waals surface area contributed by atoms with Gasteiger partial charge in [-0.05, 0) is 43.5 Å². The number of rotatable bonds is 5. The van der Waals surface area contributed by atoms with Gasteiger partial charge in [-0.15, -0.1) is 11.8 Å². The fourth-order valence-electron chi connectivity index (χ4n) is 2.60. The molecule has 0 aliphatic carbocycles. The normalized spacial score (nSPS) is 19.0. The van der Waals surface area contributed by atoms with Crippen LogP contribution in [-0.4, -0.2) is 40.3 Å². The fourth-order valence-corrected chi connectivity index (χ4v) is 3.77. The Hall–Kier alpha value is -1.47. The third kappa shape index (κ3) is 4.29. The fraction of sp³-hybridized carbons (Fsp3) is 0.500. The molecule has 0 radical (unpaired) electrons. The molecule has 0 bridgehead atoms. The SMILES string of the molecule is CC(=O)C1SCCN1C(=O)CC(N)Cc1cc(F)c(C)cc1F. The van der Waals surface area contributed by atoms with Crippen molar-refractivity contribution in [3.05, 3.63) is 34.9 Å². The van der Waals surface area contributed by atoms with Gasteiger partial charge in [0, 0.05) is 24.8 Å². The second-order valence-corrected chi connectivity index (χ2v) is 6.97. The molecule has 0 spiro atoms. The summed E-state index contributed by atoms with van der Waals surface area (Å²) >= 11 is 1.43. The molecule has 1 fully saturated rings. The quantitative estimate of drug-likeness (QED) is 0.889. The number of nitrogens with zero attached hydrogens (tertiary/aromatic N) is 1. The van der Waals surface area contributed by atoms with Gasteiger partial charge >= 0.3 is 0 Å². The first-order valence-corrected chi connectivity index (χ1v) is 8.46. The summed E-state index contributed by atoms with van der Waals surface area (Å²) < 4.78 is 27.4. The molecule has 2 atom stereocenters. The van der Waals surface area contributed by atoms with Crippen LogP contribution in [0.15, 0.2) is 12.1 Å². The molecular formula is C16H20F2N2O2S. The lowest BCUT2D eigenvalue weighted by Crippen LogP contribution is -2.41. The lowest BCUT2D eigenvalue weighted by Gasteiger charge is -2.23. The number of hydrogen-bond donors (Lipinski definition) is 1. The first-order valence-electron chi connectivity index (χ1n) is 7.41. The predicted molar refractivity (Wildman–Crippen MR) is 86.0 cm³/mol. The molecule has 2 rings (SSSR count). The van der Waals surface area contributed by atoms with Crippen molar-refractivity contribution in [1.82, 2.24) is 4.90 Å². The molecule has 0 saturated carbocycles. The number of carbonyl (C=O) groups excluding carboxylic acids is 2. The van der Waals surface area contributed by atoms with Crippen molar-refractivity contribution >= 4 is 23.5 Å². The van der Waals surface area contributed by atoms with E-state index in [9.17, 15) is 18.4 Å². The smallest absolute Gasteiger partial charge is 0.225 e. The van der Waals surface area contributed by atoms with Gasteiger partial charge in [0.1, 0.15) is 17.0 Å². The number of carbonyl (C=O) groups is 2. The van der Waals surface area contributed by atoms with Crippen LogP contribution in [0, 0.1) is 18.6 Å². The third-order valence-electron chi connectivity index (χ3n) is 3.81. The number of nitrogens with two attached hydrogens (primary N) is 1. The standard InChI is InChI=1S/C16H20F2N2O2S/c1-9-5-14(18)11(7-13(9)17)6-12(19)8-15(22)20-3-4-23-16(20)10(2)21/h5,7,12,16H,3-4,6,8,19H2,1-2H3. The van der Waals surface area contributed by atoms with Crippen LogP contribution in [0.5, 0.6) is 0 Å². The number of amides is 1. The van der Waals surface area contributed by atoms with Crippen molar-refractivity contribution in [2.75, 3.05) is 12.3 Å². The molecule has 126 valence electrons. The summed E-state index contributed by atoms with van der Waals surface area (Å²) in [4.78, 5) is 25.3. The van der Waals surface area contributed by atoms with Crippen molar-refractivity contribution < 1.29 is 18.4 Å². The van der Waals surface area contributed by atoms with E-state index in [0.29, 0.717) is 12.3 Å². The Balaban J connectivity index is 1.99. The summed E-state index contributed by atoms with van der Waals surface area (Å²) in [7, 11) is 0. The van der Waals surface area contributed by atoms with Gasteiger partial charge in [0.25, 0.3) is 0 Å². The van der Waals surface area contributed by atoms with E-state index in [-0.39, 0.29) is 35.7 Å². The molecule has 23 heavy (non-hydrogen) atoms. The first-order chi connectivity index (χ1) is 10.8. The van der Waals surface area contributed by atoms with Crippen LogP contribution in [0.1, 0.15) is 24.5 Å². The number of thioether (sulfide) groups is 1. The van der Waals surface area contributed by atoms with Gasteiger partial charge in [-0.3, -0.25) is 9.59 Å². The molecule has 1 heterocycles. The highest BCUT2D eigenvalue weighted by molar-refractivity contribution is 8.00. The zero-order chi connectivity index (χ0) is 17.1. The maximum atomic E-state index is 13.8. The maximum Gasteiger partial charge on any atom is 0.225 e. The highest BCUT2D eigenvalue weighted by Gasteiger charge is 2.33.